The van der Waals surface area contributed by atoms with Crippen molar-refractivity contribution in [3.05, 3.63) is 69.6 Å². The number of halogens is 1. The molecule has 0 bridgehead atoms. The quantitative estimate of drug-likeness (QED) is 0.792. The van der Waals surface area contributed by atoms with Gasteiger partial charge in [0, 0.05) is 16.6 Å². The molecular formula is C15H14ClN3S. The zero-order chi connectivity index (χ0) is 13.9. The molecule has 2 heterocycles. The van der Waals surface area contributed by atoms with Gasteiger partial charge in [-0.25, -0.2) is 4.68 Å². The summed E-state index contributed by atoms with van der Waals surface area (Å²) in [7, 11) is 1.93. The second kappa shape index (κ2) is 5.79. The second-order valence-electron chi connectivity index (χ2n) is 4.41. The number of nitrogens with one attached hydrogen (secondary N) is 1. The average molecular weight is 304 g/mol. The van der Waals surface area contributed by atoms with Crippen LogP contribution in [0, 0.1) is 0 Å². The standard InChI is InChI=1S/C15H14ClN3S/c1-17-14(15-13(16)7-8-20-15)11-9-18-19(10-11)12-5-3-2-4-6-12/h2-10,14,17H,1H3. The van der Waals surface area contributed by atoms with Gasteiger partial charge in [0.1, 0.15) is 0 Å². The lowest BCUT2D eigenvalue weighted by atomic mass is 10.1. The summed E-state index contributed by atoms with van der Waals surface area (Å²) < 4.78 is 1.88. The van der Waals surface area contributed by atoms with Gasteiger partial charge >= 0.3 is 0 Å². The predicted octanol–water partition coefficient (Wildman–Crippen LogP) is 3.90. The molecule has 20 heavy (non-hydrogen) atoms. The molecule has 0 saturated carbocycles. The van der Waals surface area contributed by atoms with Gasteiger partial charge in [0.25, 0.3) is 0 Å². The molecule has 1 aromatic carbocycles. The number of thiophene rings is 1. The fourth-order valence-corrected chi connectivity index (χ4v) is 3.47. The zero-order valence-electron chi connectivity index (χ0n) is 11.0. The topological polar surface area (TPSA) is 29.9 Å². The minimum absolute atomic E-state index is 0.0694. The van der Waals surface area contributed by atoms with Crippen molar-refractivity contribution in [2.45, 2.75) is 6.04 Å². The molecule has 2 aromatic heterocycles. The molecule has 5 heteroatoms. The van der Waals surface area contributed by atoms with Crippen molar-refractivity contribution < 1.29 is 0 Å². The zero-order valence-corrected chi connectivity index (χ0v) is 12.5. The van der Waals surface area contributed by atoms with Crippen LogP contribution in [0.1, 0.15) is 16.5 Å². The largest absolute Gasteiger partial charge is 0.309 e. The molecule has 0 aliphatic rings. The lowest BCUT2D eigenvalue weighted by molar-refractivity contribution is 0.703. The summed E-state index contributed by atoms with van der Waals surface area (Å²) in [5, 5.41) is 10.5. The van der Waals surface area contributed by atoms with E-state index in [1.54, 1.807) is 11.3 Å². The van der Waals surface area contributed by atoms with Crippen LogP contribution in [0.15, 0.2) is 54.2 Å². The van der Waals surface area contributed by atoms with Crippen LogP contribution in [0.2, 0.25) is 5.02 Å². The molecule has 3 aromatic rings. The number of rotatable bonds is 4. The van der Waals surface area contributed by atoms with Gasteiger partial charge in [-0.1, -0.05) is 29.8 Å². The second-order valence-corrected chi connectivity index (χ2v) is 5.76. The highest BCUT2D eigenvalue weighted by Gasteiger charge is 2.18. The summed E-state index contributed by atoms with van der Waals surface area (Å²) in [6, 6.07) is 12.1. The van der Waals surface area contributed by atoms with E-state index in [0.717, 1.165) is 21.2 Å². The van der Waals surface area contributed by atoms with Crippen LogP contribution in [0.4, 0.5) is 0 Å². The molecular weight excluding hydrogens is 290 g/mol. The number of hydrogen-bond donors (Lipinski definition) is 1. The van der Waals surface area contributed by atoms with Gasteiger partial charge < -0.3 is 5.32 Å². The van der Waals surface area contributed by atoms with Gasteiger partial charge in [0.05, 0.1) is 22.9 Å². The van der Waals surface area contributed by atoms with E-state index < -0.39 is 0 Å². The molecule has 0 aliphatic carbocycles. The summed E-state index contributed by atoms with van der Waals surface area (Å²) in [6.07, 6.45) is 3.91. The summed E-state index contributed by atoms with van der Waals surface area (Å²) in [6.45, 7) is 0. The van der Waals surface area contributed by atoms with Crippen LogP contribution in [0.25, 0.3) is 5.69 Å². The van der Waals surface area contributed by atoms with Crippen LogP contribution >= 0.6 is 22.9 Å². The van der Waals surface area contributed by atoms with E-state index in [1.165, 1.54) is 0 Å². The third-order valence-electron chi connectivity index (χ3n) is 3.15. The Labute approximate surface area is 126 Å². The average Bonchev–Trinajstić information content (AvgIpc) is 3.12. The highest BCUT2D eigenvalue weighted by molar-refractivity contribution is 7.10. The van der Waals surface area contributed by atoms with Crippen molar-refractivity contribution in [3.8, 4) is 5.69 Å². The Balaban J connectivity index is 1.95. The Morgan fingerprint density at radius 3 is 2.70 bits per heavy atom. The van der Waals surface area contributed by atoms with Crippen LogP contribution in [0.3, 0.4) is 0 Å². The molecule has 0 amide bonds. The van der Waals surface area contributed by atoms with E-state index >= 15 is 0 Å². The third-order valence-corrected chi connectivity index (χ3v) is 4.58. The third kappa shape index (κ3) is 2.50. The summed E-state index contributed by atoms with van der Waals surface area (Å²) in [5.41, 5.74) is 2.14. The first-order chi connectivity index (χ1) is 9.79. The molecule has 3 nitrogen and oxygen atoms in total. The Morgan fingerprint density at radius 1 is 1.25 bits per heavy atom. The van der Waals surface area contributed by atoms with E-state index in [1.807, 2.05) is 65.9 Å². The Hall–Kier alpha value is -1.62. The first kappa shape index (κ1) is 13.4. The molecule has 0 radical (unpaired) electrons. The summed E-state index contributed by atoms with van der Waals surface area (Å²) in [4.78, 5) is 1.11. The van der Waals surface area contributed by atoms with Crippen molar-refractivity contribution in [3.63, 3.8) is 0 Å². The van der Waals surface area contributed by atoms with Crippen molar-refractivity contribution >= 4 is 22.9 Å². The van der Waals surface area contributed by atoms with E-state index in [-0.39, 0.29) is 6.04 Å². The molecule has 1 unspecified atom stereocenters. The molecule has 0 spiro atoms. The molecule has 1 N–H and O–H groups in total. The van der Waals surface area contributed by atoms with Gasteiger partial charge in [0.15, 0.2) is 0 Å². The van der Waals surface area contributed by atoms with E-state index in [4.69, 9.17) is 11.6 Å². The van der Waals surface area contributed by atoms with Crippen molar-refractivity contribution in [2.24, 2.45) is 0 Å². The Morgan fingerprint density at radius 2 is 2.05 bits per heavy atom. The maximum atomic E-state index is 6.23. The first-order valence-electron chi connectivity index (χ1n) is 6.29. The van der Waals surface area contributed by atoms with Gasteiger partial charge in [-0.3, -0.25) is 0 Å². The number of benzene rings is 1. The molecule has 102 valence electrons. The number of nitrogens with zero attached hydrogens (tertiary/aromatic N) is 2. The minimum atomic E-state index is 0.0694. The monoisotopic (exact) mass is 303 g/mol. The molecule has 1 atom stereocenters. The maximum absolute atomic E-state index is 6.23. The highest BCUT2D eigenvalue weighted by Crippen LogP contribution is 2.32. The first-order valence-corrected chi connectivity index (χ1v) is 7.55. The summed E-state index contributed by atoms with van der Waals surface area (Å²) >= 11 is 7.88. The Bertz CT molecular complexity index is 690. The highest BCUT2D eigenvalue weighted by atomic mass is 35.5. The lowest BCUT2D eigenvalue weighted by Crippen LogP contribution is -2.16. The van der Waals surface area contributed by atoms with Crippen LogP contribution < -0.4 is 5.32 Å². The van der Waals surface area contributed by atoms with Crippen LogP contribution in [-0.4, -0.2) is 16.8 Å². The van der Waals surface area contributed by atoms with Crippen molar-refractivity contribution in [1.29, 1.82) is 0 Å². The van der Waals surface area contributed by atoms with E-state index in [0.29, 0.717) is 0 Å². The molecule has 0 saturated heterocycles. The number of hydrogen-bond acceptors (Lipinski definition) is 3. The lowest BCUT2D eigenvalue weighted by Gasteiger charge is -2.13. The van der Waals surface area contributed by atoms with Gasteiger partial charge in [-0.05, 0) is 30.6 Å². The molecule has 3 rings (SSSR count). The van der Waals surface area contributed by atoms with Gasteiger partial charge in [-0.15, -0.1) is 11.3 Å². The summed E-state index contributed by atoms with van der Waals surface area (Å²) in [5.74, 6) is 0. The fraction of sp³-hybridized carbons (Fsp3) is 0.133. The van der Waals surface area contributed by atoms with Crippen molar-refractivity contribution in [1.82, 2.24) is 15.1 Å². The molecule has 0 fully saturated rings. The maximum Gasteiger partial charge on any atom is 0.0714 e. The van der Waals surface area contributed by atoms with E-state index in [9.17, 15) is 0 Å². The van der Waals surface area contributed by atoms with Crippen LogP contribution in [0.5, 0.6) is 0 Å². The Kier molecular flexibility index (Phi) is 3.87. The van der Waals surface area contributed by atoms with Crippen LogP contribution in [-0.2, 0) is 0 Å². The van der Waals surface area contributed by atoms with Crippen molar-refractivity contribution in [2.75, 3.05) is 7.05 Å². The fourth-order valence-electron chi connectivity index (χ4n) is 2.17. The number of aromatic nitrogens is 2. The smallest absolute Gasteiger partial charge is 0.0714 e. The number of para-hydroxylation sites is 1. The minimum Gasteiger partial charge on any atom is -0.309 e. The van der Waals surface area contributed by atoms with E-state index in [2.05, 4.69) is 10.4 Å². The van der Waals surface area contributed by atoms with Gasteiger partial charge in [-0.2, -0.15) is 5.10 Å². The SMILES string of the molecule is CNC(c1cnn(-c2ccccc2)c1)c1sccc1Cl. The molecule has 0 aliphatic heterocycles. The van der Waals surface area contributed by atoms with Gasteiger partial charge in [0.2, 0.25) is 0 Å². The normalized spacial score (nSPS) is 12.5. The predicted molar refractivity (Wildman–Crippen MR) is 83.8 cm³/mol.